The number of rotatable bonds is 4. The lowest BCUT2D eigenvalue weighted by molar-refractivity contribution is -0.122. The lowest BCUT2D eigenvalue weighted by atomic mass is 9.99. The third kappa shape index (κ3) is 2.93. The van der Waals surface area contributed by atoms with Crippen LogP contribution in [0.3, 0.4) is 0 Å². The molecule has 1 rings (SSSR count). The van der Waals surface area contributed by atoms with Gasteiger partial charge >= 0.3 is 0 Å². The molecule has 0 aromatic carbocycles. The Bertz CT molecular complexity index is 191. The number of hydrogen-bond acceptors (Lipinski definition) is 2. The standard InChI is InChI=1S/C9H14N2O/c1-2-3-4-11-9(12)5-8-6-10-7-8/h1,8,10H,3-7H2,(H,11,12). The summed E-state index contributed by atoms with van der Waals surface area (Å²) in [6.45, 7) is 2.56. The Labute approximate surface area is 72.9 Å². The molecule has 12 heavy (non-hydrogen) atoms. The quantitative estimate of drug-likeness (QED) is 0.446. The molecule has 2 N–H and O–H groups in total. The van der Waals surface area contributed by atoms with E-state index in [-0.39, 0.29) is 5.91 Å². The van der Waals surface area contributed by atoms with Crippen molar-refractivity contribution in [1.82, 2.24) is 10.6 Å². The van der Waals surface area contributed by atoms with Crippen LogP contribution >= 0.6 is 0 Å². The van der Waals surface area contributed by atoms with E-state index in [2.05, 4.69) is 16.6 Å². The van der Waals surface area contributed by atoms with Crippen molar-refractivity contribution in [2.45, 2.75) is 12.8 Å². The molecule has 0 radical (unpaired) electrons. The van der Waals surface area contributed by atoms with Crippen LogP contribution in [-0.2, 0) is 4.79 Å². The highest BCUT2D eigenvalue weighted by Crippen LogP contribution is 2.07. The van der Waals surface area contributed by atoms with Gasteiger partial charge in [-0.3, -0.25) is 4.79 Å². The van der Waals surface area contributed by atoms with Gasteiger partial charge in [0.2, 0.25) is 5.91 Å². The molecule has 1 aliphatic heterocycles. The largest absolute Gasteiger partial charge is 0.355 e. The van der Waals surface area contributed by atoms with Crippen molar-refractivity contribution in [3.63, 3.8) is 0 Å². The van der Waals surface area contributed by atoms with Gasteiger partial charge in [0.25, 0.3) is 0 Å². The highest BCUT2D eigenvalue weighted by atomic mass is 16.1. The van der Waals surface area contributed by atoms with E-state index in [1.807, 2.05) is 0 Å². The average Bonchev–Trinajstić information content (AvgIpc) is 1.98. The maximum Gasteiger partial charge on any atom is 0.220 e. The molecule has 0 bridgehead atoms. The fourth-order valence-corrected chi connectivity index (χ4v) is 1.10. The summed E-state index contributed by atoms with van der Waals surface area (Å²) < 4.78 is 0. The summed E-state index contributed by atoms with van der Waals surface area (Å²) in [6, 6.07) is 0. The van der Waals surface area contributed by atoms with Crippen LogP contribution in [0.15, 0.2) is 0 Å². The number of carbonyl (C=O) groups excluding carboxylic acids is 1. The van der Waals surface area contributed by atoms with Crippen LogP contribution in [0.4, 0.5) is 0 Å². The summed E-state index contributed by atoms with van der Waals surface area (Å²) in [7, 11) is 0. The molecule has 66 valence electrons. The van der Waals surface area contributed by atoms with E-state index < -0.39 is 0 Å². The summed E-state index contributed by atoms with van der Waals surface area (Å²) in [5, 5.41) is 5.89. The summed E-state index contributed by atoms with van der Waals surface area (Å²) >= 11 is 0. The van der Waals surface area contributed by atoms with E-state index in [9.17, 15) is 4.79 Å². The van der Waals surface area contributed by atoms with Crippen molar-refractivity contribution in [3.05, 3.63) is 0 Å². The first-order valence-electron chi connectivity index (χ1n) is 4.24. The van der Waals surface area contributed by atoms with Gasteiger partial charge in [-0.25, -0.2) is 0 Å². The minimum atomic E-state index is 0.122. The van der Waals surface area contributed by atoms with Gasteiger partial charge in [0.1, 0.15) is 0 Å². The number of hydrogen-bond donors (Lipinski definition) is 2. The maximum atomic E-state index is 11.1. The second kappa shape index (κ2) is 4.78. The molecule has 0 atom stereocenters. The third-order valence-corrected chi connectivity index (χ3v) is 1.93. The molecule has 1 fully saturated rings. The molecule has 1 saturated heterocycles. The monoisotopic (exact) mass is 166 g/mol. The SMILES string of the molecule is C#CCCNC(=O)CC1CNC1. The Morgan fingerprint density at radius 2 is 2.42 bits per heavy atom. The smallest absolute Gasteiger partial charge is 0.220 e. The summed E-state index contributed by atoms with van der Waals surface area (Å²) in [6.07, 6.45) is 6.30. The normalized spacial score (nSPS) is 16.2. The Kier molecular flexibility index (Phi) is 3.62. The predicted molar refractivity (Wildman–Crippen MR) is 47.4 cm³/mol. The van der Waals surface area contributed by atoms with Gasteiger partial charge in [0.05, 0.1) is 0 Å². The zero-order valence-electron chi connectivity index (χ0n) is 7.10. The Morgan fingerprint density at radius 3 is 2.92 bits per heavy atom. The Hall–Kier alpha value is -1.01. The minimum Gasteiger partial charge on any atom is -0.355 e. The molecular weight excluding hydrogens is 152 g/mol. The first kappa shape index (κ1) is 9.08. The van der Waals surface area contributed by atoms with Crippen LogP contribution in [0.5, 0.6) is 0 Å². The number of amides is 1. The van der Waals surface area contributed by atoms with Gasteiger partial charge in [0, 0.05) is 19.4 Å². The predicted octanol–water partition coefficient (Wildman–Crippen LogP) is -0.265. The van der Waals surface area contributed by atoms with E-state index in [0.717, 1.165) is 13.1 Å². The van der Waals surface area contributed by atoms with Crippen molar-refractivity contribution < 1.29 is 4.79 Å². The van der Waals surface area contributed by atoms with E-state index in [1.165, 1.54) is 0 Å². The Balaban J connectivity index is 2.00. The van der Waals surface area contributed by atoms with Gasteiger partial charge in [-0.05, 0) is 19.0 Å². The number of carbonyl (C=O) groups is 1. The molecule has 3 heteroatoms. The van der Waals surface area contributed by atoms with Gasteiger partial charge < -0.3 is 10.6 Å². The average molecular weight is 166 g/mol. The van der Waals surface area contributed by atoms with Gasteiger partial charge in [-0.15, -0.1) is 12.3 Å². The molecule has 1 amide bonds. The molecule has 0 aliphatic carbocycles. The molecule has 3 nitrogen and oxygen atoms in total. The van der Waals surface area contributed by atoms with Crippen LogP contribution in [0.1, 0.15) is 12.8 Å². The van der Waals surface area contributed by atoms with Crippen molar-refractivity contribution in [2.24, 2.45) is 5.92 Å². The Morgan fingerprint density at radius 1 is 1.67 bits per heavy atom. The van der Waals surface area contributed by atoms with Gasteiger partial charge in [-0.1, -0.05) is 0 Å². The summed E-state index contributed by atoms with van der Waals surface area (Å²) in [4.78, 5) is 11.1. The fraction of sp³-hybridized carbons (Fsp3) is 0.667. The van der Waals surface area contributed by atoms with Gasteiger partial charge in [0.15, 0.2) is 0 Å². The third-order valence-electron chi connectivity index (χ3n) is 1.93. The van der Waals surface area contributed by atoms with Crippen LogP contribution in [0.25, 0.3) is 0 Å². The highest BCUT2D eigenvalue weighted by molar-refractivity contribution is 5.76. The second-order valence-corrected chi connectivity index (χ2v) is 3.03. The summed E-state index contributed by atoms with van der Waals surface area (Å²) in [5.41, 5.74) is 0. The van der Waals surface area contributed by atoms with Crippen LogP contribution in [-0.4, -0.2) is 25.5 Å². The van der Waals surface area contributed by atoms with Crippen LogP contribution in [0.2, 0.25) is 0 Å². The molecule has 0 unspecified atom stereocenters. The first-order valence-corrected chi connectivity index (χ1v) is 4.24. The van der Waals surface area contributed by atoms with Crippen LogP contribution in [0, 0.1) is 18.3 Å². The van der Waals surface area contributed by atoms with Crippen molar-refractivity contribution in [3.8, 4) is 12.3 Å². The molecule has 0 spiro atoms. The van der Waals surface area contributed by atoms with E-state index in [4.69, 9.17) is 6.42 Å². The lowest BCUT2D eigenvalue weighted by Gasteiger charge is -2.26. The zero-order valence-corrected chi connectivity index (χ0v) is 7.10. The molecule has 1 aliphatic rings. The molecule has 0 aromatic heterocycles. The zero-order chi connectivity index (χ0) is 8.81. The molecule has 0 saturated carbocycles. The maximum absolute atomic E-state index is 11.1. The van der Waals surface area contributed by atoms with Crippen molar-refractivity contribution in [1.29, 1.82) is 0 Å². The van der Waals surface area contributed by atoms with Crippen LogP contribution < -0.4 is 10.6 Å². The van der Waals surface area contributed by atoms with E-state index in [1.54, 1.807) is 0 Å². The lowest BCUT2D eigenvalue weighted by Crippen LogP contribution is -2.44. The molecular formula is C9H14N2O. The highest BCUT2D eigenvalue weighted by Gasteiger charge is 2.19. The first-order chi connectivity index (χ1) is 5.83. The number of terminal acetylenes is 1. The second-order valence-electron chi connectivity index (χ2n) is 3.03. The molecule has 1 heterocycles. The van der Waals surface area contributed by atoms with Crippen molar-refractivity contribution in [2.75, 3.05) is 19.6 Å². The minimum absolute atomic E-state index is 0.122. The molecule has 0 aromatic rings. The van der Waals surface area contributed by atoms with E-state index in [0.29, 0.717) is 25.3 Å². The topological polar surface area (TPSA) is 41.1 Å². The fourth-order valence-electron chi connectivity index (χ4n) is 1.10. The summed E-state index contributed by atoms with van der Waals surface area (Å²) in [5.74, 6) is 3.14. The van der Waals surface area contributed by atoms with Gasteiger partial charge in [-0.2, -0.15) is 0 Å². The van der Waals surface area contributed by atoms with E-state index >= 15 is 0 Å². The van der Waals surface area contributed by atoms with Crippen molar-refractivity contribution >= 4 is 5.91 Å². The number of nitrogens with one attached hydrogen (secondary N) is 2.